The van der Waals surface area contributed by atoms with Crippen LogP contribution in [0.2, 0.25) is 0 Å². The van der Waals surface area contributed by atoms with Crippen LogP contribution in [0.3, 0.4) is 0 Å². The van der Waals surface area contributed by atoms with Gasteiger partial charge in [-0.05, 0) is 50.4 Å². The maximum Gasteiger partial charge on any atom is 0.152 e. The Kier molecular flexibility index (Phi) is 4.90. The molecule has 2 saturated heterocycles. The lowest BCUT2D eigenvalue weighted by Gasteiger charge is -2.38. The van der Waals surface area contributed by atoms with Crippen molar-refractivity contribution in [3.8, 4) is 0 Å². The summed E-state index contributed by atoms with van der Waals surface area (Å²) >= 11 is 0. The van der Waals surface area contributed by atoms with E-state index in [9.17, 15) is 4.79 Å². The minimum absolute atomic E-state index is 0.111. The predicted octanol–water partition coefficient (Wildman–Crippen LogP) is 3.68. The Morgan fingerprint density at radius 3 is 2.26 bits per heavy atom. The van der Waals surface area contributed by atoms with Crippen molar-refractivity contribution in [2.24, 2.45) is 29.6 Å². The Hall–Kier alpha value is -0.410. The lowest BCUT2D eigenvalue weighted by molar-refractivity contribution is -0.129. The van der Waals surface area contributed by atoms with E-state index in [4.69, 9.17) is 0 Å². The predicted molar refractivity (Wildman–Crippen MR) is 95.1 cm³/mol. The molecule has 1 saturated carbocycles. The zero-order chi connectivity index (χ0) is 16.9. The number of ketones is 1. The van der Waals surface area contributed by atoms with E-state index in [1.807, 2.05) is 0 Å². The Morgan fingerprint density at radius 1 is 1.04 bits per heavy atom. The van der Waals surface area contributed by atoms with Crippen molar-refractivity contribution in [1.82, 2.24) is 10.2 Å². The van der Waals surface area contributed by atoms with Gasteiger partial charge in [-0.3, -0.25) is 15.0 Å². The van der Waals surface area contributed by atoms with Crippen molar-refractivity contribution in [2.75, 3.05) is 0 Å². The van der Waals surface area contributed by atoms with Gasteiger partial charge in [0.2, 0.25) is 0 Å². The highest BCUT2D eigenvalue weighted by Crippen LogP contribution is 2.52. The molecular weight excluding hydrogens is 284 g/mol. The number of rotatable bonds is 4. The van der Waals surface area contributed by atoms with Crippen molar-refractivity contribution in [3.63, 3.8) is 0 Å². The molecule has 0 radical (unpaired) electrons. The van der Waals surface area contributed by atoms with Crippen LogP contribution in [-0.2, 0) is 4.79 Å². The van der Waals surface area contributed by atoms with Crippen molar-refractivity contribution in [3.05, 3.63) is 0 Å². The van der Waals surface area contributed by atoms with Gasteiger partial charge in [-0.1, -0.05) is 40.5 Å². The average molecular weight is 321 g/mol. The molecule has 6 unspecified atom stereocenters. The number of carbonyl (C=O) groups excluding carboxylic acids is 1. The zero-order valence-electron chi connectivity index (χ0n) is 15.9. The maximum atomic E-state index is 13.1. The van der Waals surface area contributed by atoms with Crippen LogP contribution in [0.15, 0.2) is 0 Å². The zero-order valence-corrected chi connectivity index (χ0v) is 15.9. The lowest BCUT2D eigenvalue weighted by Crippen LogP contribution is -2.53. The van der Waals surface area contributed by atoms with Crippen LogP contribution in [0.4, 0.5) is 0 Å². The van der Waals surface area contributed by atoms with Gasteiger partial charge in [0.25, 0.3) is 0 Å². The van der Waals surface area contributed by atoms with Gasteiger partial charge in [-0.25, -0.2) is 0 Å². The van der Waals surface area contributed by atoms with Crippen LogP contribution in [0.5, 0.6) is 0 Å². The molecule has 3 fully saturated rings. The first-order valence-electron chi connectivity index (χ1n) is 9.91. The average Bonchev–Trinajstić information content (AvgIpc) is 2.99. The normalized spacial score (nSPS) is 40.9. The number of hydrogen-bond acceptors (Lipinski definition) is 3. The van der Waals surface area contributed by atoms with Gasteiger partial charge in [0.15, 0.2) is 5.78 Å². The molecule has 0 spiro atoms. The van der Waals surface area contributed by atoms with E-state index in [0.29, 0.717) is 41.8 Å². The fourth-order valence-corrected chi connectivity index (χ4v) is 5.88. The smallest absolute Gasteiger partial charge is 0.152 e. The summed E-state index contributed by atoms with van der Waals surface area (Å²) in [5.41, 5.74) is 0. The van der Waals surface area contributed by atoms with E-state index in [1.54, 1.807) is 0 Å². The van der Waals surface area contributed by atoms with Gasteiger partial charge in [0.1, 0.15) is 0 Å². The van der Waals surface area contributed by atoms with Crippen molar-refractivity contribution in [2.45, 2.75) is 91.5 Å². The Bertz CT molecular complexity index is 445. The first kappa shape index (κ1) is 17.4. The van der Waals surface area contributed by atoms with E-state index in [0.717, 1.165) is 5.92 Å². The third kappa shape index (κ3) is 2.78. The van der Waals surface area contributed by atoms with Gasteiger partial charge in [0, 0.05) is 18.0 Å². The molecule has 0 amide bonds. The second kappa shape index (κ2) is 6.48. The molecule has 6 atom stereocenters. The van der Waals surface area contributed by atoms with Crippen LogP contribution < -0.4 is 5.32 Å². The molecule has 1 aliphatic carbocycles. The van der Waals surface area contributed by atoms with Crippen LogP contribution >= 0.6 is 0 Å². The highest BCUT2D eigenvalue weighted by molar-refractivity contribution is 5.86. The van der Waals surface area contributed by atoms with Gasteiger partial charge in [-0.15, -0.1) is 0 Å². The van der Waals surface area contributed by atoms with E-state index in [1.165, 1.54) is 25.7 Å². The largest absolute Gasteiger partial charge is 0.298 e. The quantitative estimate of drug-likeness (QED) is 0.857. The fourth-order valence-electron chi connectivity index (χ4n) is 5.88. The fraction of sp³-hybridized carbons (Fsp3) is 0.950. The molecule has 3 nitrogen and oxygen atoms in total. The molecule has 0 bridgehead atoms. The molecule has 3 heteroatoms. The number of nitrogens with one attached hydrogen (secondary N) is 1. The van der Waals surface area contributed by atoms with Crippen LogP contribution in [-0.4, -0.2) is 35.0 Å². The van der Waals surface area contributed by atoms with Gasteiger partial charge in [-0.2, -0.15) is 0 Å². The first-order chi connectivity index (χ1) is 10.8. The summed E-state index contributed by atoms with van der Waals surface area (Å²) in [4.78, 5) is 15.6. The second-order valence-electron chi connectivity index (χ2n) is 9.11. The third-order valence-electron chi connectivity index (χ3n) is 6.74. The highest BCUT2D eigenvalue weighted by Gasteiger charge is 2.60. The molecule has 0 aromatic rings. The lowest BCUT2D eigenvalue weighted by atomic mass is 9.69. The summed E-state index contributed by atoms with van der Waals surface area (Å²) in [7, 11) is 0. The van der Waals surface area contributed by atoms with Crippen LogP contribution in [0.1, 0.15) is 67.2 Å². The van der Waals surface area contributed by atoms with Gasteiger partial charge >= 0.3 is 0 Å². The summed E-state index contributed by atoms with van der Waals surface area (Å²) in [5.74, 6) is 3.12. The summed E-state index contributed by atoms with van der Waals surface area (Å²) in [6.45, 7) is 13.4. The Balaban J connectivity index is 1.99. The van der Waals surface area contributed by atoms with Crippen molar-refractivity contribution >= 4 is 5.78 Å². The second-order valence-corrected chi connectivity index (χ2v) is 9.11. The SMILES string of the molecule is CC(C)C(=O)C1C(C(C)C)C2C3CCCCC3NC2N1C(C)C. The molecule has 132 valence electrons. The number of Topliss-reactive ketones (excluding diaryl/α,β-unsaturated/α-hetero) is 1. The number of nitrogens with zero attached hydrogens (tertiary/aromatic N) is 1. The van der Waals surface area contributed by atoms with Crippen LogP contribution in [0.25, 0.3) is 0 Å². The molecule has 1 N–H and O–H groups in total. The topological polar surface area (TPSA) is 32.3 Å². The third-order valence-corrected chi connectivity index (χ3v) is 6.74. The van der Waals surface area contributed by atoms with Gasteiger partial charge < -0.3 is 0 Å². The number of fused-ring (bicyclic) bond motifs is 3. The van der Waals surface area contributed by atoms with E-state index in [-0.39, 0.29) is 12.0 Å². The maximum absolute atomic E-state index is 13.1. The van der Waals surface area contributed by atoms with Crippen molar-refractivity contribution in [1.29, 1.82) is 0 Å². The standard InChI is InChI=1S/C20H36N2O/c1-11(2)16-17-14-9-7-8-10-15(14)21-20(17)22(13(5)6)18(16)19(23)12(3)4/h11-18,20-21H,7-10H2,1-6H3. The summed E-state index contributed by atoms with van der Waals surface area (Å²) in [6.07, 6.45) is 5.86. The first-order valence-corrected chi connectivity index (χ1v) is 9.91. The highest BCUT2D eigenvalue weighted by atomic mass is 16.1. The summed E-state index contributed by atoms with van der Waals surface area (Å²) < 4.78 is 0. The Morgan fingerprint density at radius 2 is 1.70 bits per heavy atom. The molecule has 0 aromatic heterocycles. The monoisotopic (exact) mass is 320 g/mol. The van der Waals surface area contributed by atoms with E-state index in [2.05, 4.69) is 51.8 Å². The molecule has 23 heavy (non-hydrogen) atoms. The molecular formula is C20H36N2O. The summed E-state index contributed by atoms with van der Waals surface area (Å²) in [5, 5.41) is 3.97. The minimum Gasteiger partial charge on any atom is -0.298 e. The van der Waals surface area contributed by atoms with Crippen LogP contribution in [0, 0.1) is 29.6 Å². The van der Waals surface area contributed by atoms with E-state index < -0.39 is 0 Å². The molecule has 0 aromatic carbocycles. The van der Waals surface area contributed by atoms with Crippen molar-refractivity contribution < 1.29 is 4.79 Å². The number of carbonyl (C=O) groups is 1. The molecule has 2 heterocycles. The number of likely N-dealkylation sites (tertiary alicyclic amines) is 1. The van der Waals surface area contributed by atoms with Gasteiger partial charge in [0.05, 0.1) is 12.2 Å². The molecule has 3 rings (SSSR count). The minimum atomic E-state index is 0.111. The molecule has 3 aliphatic rings. The summed E-state index contributed by atoms with van der Waals surface area (Å²) in [6, 6.07) is 1.23. The van der Waals surface area contributed by atoms with E-state index >= 15 is 0 Å². The Labute approximate surface area is 142 Å². The molecule has 2 aliphatic heterocycles. The number of hydrogen-bond donors (Lipinski definition) is 1.